The van der Waals surface area contributed by atoms with Gasteiger partial charge in [0, 0.05) is 24.1 Å². The zero-order valence-corrected chi connectivity index (χ0v) is 11.5. The predicted molar refractivity (Wildman–Crippen MR) is 76.2 cm³/mol. The Kier molecular flexibility index (Phi) is 5.65. The Bertz CT molecular complexity index is 559. The smallest absolute Gasteiger partial charge is 0.303 e. The normalized spacial score (nSPS) is 11.7. The van der Waals surface area contributed by atoms with Gasteiger partial charge in [-0.05, 0) is 31.9 Å². The summed E-state index contributed by atoms with van der Waals surface area (Å²) in [6.07, 6.45) is 1.08. The minimum atomic E-state index is -0.876. The van der Waals surface area contributed by atoms with E-state index in [1.807, 2.05) is 0 Å². The maximum atomic E-state index is 11.0. The van der Waals surface area contributed by atoms with E-state index < -0.39 is 16.8 Å². The first-order valence-corrected chi connectivity index (χ1v) is 6.38. The fourth-order valence-electron chi connectivity index (χ4n) is 1.86. The molecule has 1 amide bonds. The fraction of sp³-hybridized carbons (Fsp3) is 0.385. The Morgan fingerprint density at radius 2 is 2.14 bits per heavy atom. The highest BCUT2D eigenvalue weighted by molar-refractivity contribution is 5.94. The van der Waals surface area contributed by atoms with Crippen molar-refractivity contribution < 1.29 is 19.6 Å². The van der Waals surface area contributed by atoms with E-state index in [2.05, 4.69) is 5.32 Å². The van der Waals surface area contributed by atoms with E-state index >= 15 is 0 Å². The molecule has 0 aromatic heterocycles. The third-order valence-electron chi connectivity index (χ3n) is 2.91. The van der Waals surface area contributed by atoms with E-state index in [1.54, 1.807) is 6.92 Å². The first-order valence-electron chi connectivity index (χ1n) is 6.38. The molecule has 0 radical (unpaired) electrons. The van der Waals surface area contributed by atoms with Crippen LogP contribution >= 0.6 is 0 Å². The lowest BCUT2D eigenvalue weighted by Gasteiger charge is -2.15. The molecule has 0 fully saturated rings. The molecule has 8 heteroatoms. The number of carbonyl (C=O) groups is 2. The lowest BCUT2D eigenvalue weighted by molar-refractivity contribution is -0.384. The number of nitrogens with zero attached hydrogens (tertiary/aromatic N) is 1. The molecule has 8 nitrogen and oxygen atoms in total. The Labute approximate surface area is 121 Å². The first kappa shape index (κ1) is 16.4. The fourth-order valence-corrected chi connectivity index (χ4v) is 1.86. The second-order valence-electron chi connectivity index (χ2n) is 4.68. The van der Waals surface area contributed by atoms with Gasteiger partial charge in [0.2, 0.25) is 5.91 Å². The van der Waals surface area contributed by atoms with Crippen LogP contribution in [0.4, 0.5) is 11.4 Å². The van der Waals surface area contributed by atoms with Gasteiger partial charge in [0.25, 0.3) is 5.69 Å². The van der Waals surface area contributed by atoms with Crippen molar-refractivity contribution in [1.82, 2.24) is 0 Å². The molecule has 0 saturated heterocycles. The van der Waals surface area contributed by atoms with Gasteiger partial charge >= 0.3 is 5.97 Å². The van der Waals surface area contributed by atoms with Gasteiger partial charge in [-0.25, -0.2) is 0 Å². The summed E-state index contributed by atoms with van der Waals surface area (Å²) >= 11 is 0. The number of nitro benzene ring substituents is 1. The van der Waals surface area contributed by atoms with Crippen LogP contribution in [0.2, 0.25) is 0 Å². The molecule has 4 N–H and O–H groups in total. The van der Waals surface area contributed by atoms with Crippen LogP contribution in [0.5, 0.6) is 0 Å². The summed E-state index contributed by atoms with van der Waals surface area (Å²) in [6, 6.07) is 3.81. The molecule has 1 aromatic rings. The minimum absolute atomic E-state index is 0.0503. The molecule has 0 heterocycles. The van der Waals surface area contributed by atoms with Gasteiger partial charge in [0.1, 0.15) is 5.69 Å². The van der Waals surface area contributed by atoms with Gasteiger partial charge in [-0.3, -0.25) is 19.7 Å². The number of carboxylic acids is 1. The van der Waals surface area contributed by atoms with Gasteiger partial charge in [-0.15, -0.1) is 0 Å². The third-order valence-corrected chi connectivity index (χ3v) is 2.91. The van der Waals surface area contributed by atoms with Gasteiger partial charge in [0.15, 0.2) is 0 Å². The van der Waals surface area contributed by atoms with Crippen molar-refractivity contribution in [2.24, 2.45) is 5.73 Å². The molecule has 21 heavy (non-hydrogen) atoms. The number of amides is 1. The van der Waals surface area contributed by atoms with Crippen molar-refractivity contribution >= 4 is 23.3 Å². The largest absolute Gasteiger partial charge is 0.481 e. The number of nitrogens with two attached hydrogens (primary N) is 1. The topological polar surface area (TPSA) is 136 Å². The Morgan fingerprint density at radius 3 is 2.67 bits per heavy atom. The third kappa shape index (κ3) is 5.09. The number of primary amides is 1. The number of anilines is 1. The number of hydrogen-bond acceptors (Lipinski definition) is 5. The average Bonchev–Trinajstić information content (AvgIpc) is 2.38. The van der Waals surface area contributed by atoms with E-state index in [-0.39, 0.29) is 29.4 Å². The van der Waals surface area contributed by atoms with Crippen molar-refractivity contribution in [2.45, 2.75) is 32.2 Å². The molecule has 1 atom stereocenters. The van der Waals surface area contributed by atoms with Gasteiger partial charge in [0.05, 0.1) is 4.92 Å². The molecule has 1 rings (SSSR count). The molecule has 0 saturated carbocycles. The van der Waals surface area contributed by atoms with Crippen LogP contribution in [0.3, 0.4) is 0 Å². The molecule has 0 aliphatic carbocycles. The van der Waals surface area contributed by atoms with Gasteiger partial charge in [-0.2, -0.15) is 0 Å². The average molecular weight is 295 g/mol. The molecule has 114 valence electrons. The summed E-state index contributed by atoms with van der Waals surface area (Å²) in [7, 11) is 0. The van der Waals surface area contributed by atoms with Crippen molar-refractivity contribution in [3.8, 4) is 0 Å². The molecule has 1 unspecified atom stereocenters. The number of aliphatic carboxylic acids is 1. The Hall–Kier alpha value is -2.64. The van der Waals surface area contributed by atoms with Crippen LogP contribution in [0.1, 0.15) is 36.5 Å². The van der Waals surface area contributed by atoms with Crippen LogP contribution in [0.15, 0.2) is 18.2 Å². The van der Waals surface area contributed by atoms with E-state index in [1.165, 1.54) is 12.1 Å². The molecule has 1 aromatic carbocycles. The summed E-state index contributed by atoms with van der Waals surface area (Å²) in [5, 5.41) is 22.5. The van der Waals surface area contributed by atoms with Gasteiger partial charge < -0.3 is 16.2 Å². The minimum Gasteiger partial charge on any atom is -0.481 e. The second-order valence-corrected chi connectivity index (χ2v) is 4.68. The van der Waals surface area contributed by atoms with Crippen LogP contribution < -0.4 is 11.1 Å². The Morgan fingerprint density at radius 1 is 1.48 bits per heavy atom. The van der Waals surface area contributed by atoms with Crippen molar-refractivity contribution in [2.75, 3.05) is 5.32 Å². The van der Waals surface area contributed by atoms with E-state index in [4.69, 9.17) is 10.8 Å². The number of rotatable bonds is 8. The van der Waals surface area contributed by atoms with Crippen LogP contribution in [-0.2, 0) is 4.79 Å². The van der Waals surface area contributed by atoms with Gasteiger partial charge in [-0.1, -0.05) is 0 Å². The summed E-state index contributed by atoms with van der Waals surface area (Å²) in [5.74, 6) is -1.61. The highest BCUT2D eigenvalue weighted by atomic mass is 16.6. The zero-order chi connectivity index (χ0) is 16.0. The standard InChI is InChI=1S/C13H17N3O5/c1-8(3-2-4-12(17)18)15-10-6-5-9(13(14)19)7-11(10)16(20)21/h5-8,15H,2-4H2,1H3,(H2,14,19)(H,17,18). The lowest BCUT2D eigenvalue weighted by atomic mass is 10.1. The van der Waals surface area contributed by atoms with E-state index in [0.717, 1.165) is 6.07 Å². The predicted octanol–water partition coefficient (Wildman–Crippen LogP) is 1.75. The number of carbonyl (C=O) groups excluding carboxylic acids is 1. The zero-order valence-electron chi connectivity index (χ0n) is 11.5. The van der Waals surface area contributed by atoms with E-state index in [0.29, 0.717) is 12.8 Å². The molecule has 0 spiro atoms. The van der Waals surface area contributed by atoms with Crippen LogP contribution in [-0.4, -0.2) is 27.9 Å². The monoisotopic (exact) mass is 295 g/mol. The summed E-state index contributed by atoms with van der Waals surface area (Å²) in [6.45, 7) is 1.80. The first-order chi connectivity index (χ1) is 9.81. The Balaban J connectivity index is 2.80. The molecular weight excluding hydrogens is 278 g/mol. The quantitative estimate of drug-likeness (QED) is 0.493. The van der Waals surface area contributed by atoms with Crippen LogP contribution in [0, 0.1) is 10.1 Å². The number of carboxylic acid groups (broad SMARTS) is 1. The van der Waals surface area contributed by atoms with Crippen LogP contribution in [0.25, 0.3) is 0 Å². The summed E-state index contributed by atoms with van der Waals surface area (Å²) < 4.78 is 0. The second kappa shape index (κ2) is 7.22. The summed E-state index contributed by atoms with van der Waals surface area (Å²) in [4.78, 5) is 31.9. The highest BCUT2D eigenvalue weighted by Crippen LogP contribution is 2.26. The maximum Gasteiger partial charge on any atom is 0.303 e. The molecule has 0 aliphatic heterocycles. The van der Waals surface area contributed by atoms with Crippen molar-refractivity contribution in [3.63, 3.8) is 0 Å². The number of benzene rings is 1. The van der Waals surface area contributed by atoms with E-state index in [9.17, 15) is 19.7 Å². The van der Waals surface area contributed by atoms with Crippen molar-refractivity contribution in [3.05, 3.63) is 33.9 Å². The van der Waals surface area contributed by atoms with Crippen molar-refractivity contribution in [1.29, 1.82) is 0 Å². The summed E-state index contributed by atoms with van der Waals surface area (Å²) in [5.41, 5.74) is 5.18. The number of nitrogens with one attached hydrogen (secondary N) is 1. The SMILES string of the molecule is CC(CCCC(=O)O)Nc1ccc(C(N)=O)cc1[N+](=O)[O-]. The molecule has 0 bridgehead atoms. The highest BCUT2D eigenvalue weighted by Gasteiger charge is 2.17. The maximum absolute atomic E-state index is 11.0. The number of nitro groups is 1. The molecular formula is C13H17N3O5. The lowest BCUT2D eigenvalue weighted by Crippen LogP contribution is -2.17. The number of hydrogen-bond donors (Lipinski definition) is 3. The molecule has 0 aliphatic rings.